The molecule has 4 aliphatic rings. The van der Waals surface area contributed by atoms with Crippen LogP contribution in [0.4, 0.5) is 5.69 Å². The molecule has 204 valence electrons. The lowest BCUT2D eigenvalue weighted by molar-refractivity contribution is -0.123. The molecule has 2 aromatic carbocycles. The van der Waals surface area contributed by atoms with Gasteiger partial charge < -0.3 is 14.6 Å². The molecule has 40 heavy (non-hydrogen) atoms. The number of anilines is 1. The molecule has 3 aliphatic carbocycles. The van der Waals surface area contributed by atoms with Crippen LogP contribution in [0, 0.1) is 21.3 Å². The maximum absolute atomic E-state index is 14.0. The van der Waals surface area contributed by atoms with Gasteiger partial charge in [-0.2, -0.15) is 0 Å². The summed E-state index contributed by atoms with van der Waals surface area (Å²) >= 11 is 2.17. The van der Waals surface area contributed by atoms with Crippen molar-refractivity contribution in [3.8, 4) is 17.2 Å². The van der Waals surface area contributed by atoms with Crippen LogP contribution in [0.15, 0.2) is 70.8 Å². The summed E-state index contributed by atoms with van der Waals surface area (Å²) in [5.74, 6) is -3.29. The van der Waals surface area contributed by atoms with Gasteiger partial charge in [0.05, 0.1) is 31.7 Å². The maximum atomic E-state index is 14.0. The highest BCUT2D eigenvalue weighted by Crippen LogP contribution is 2.58. The first-order chi connectivity index (χ1) is 19.2. The zero-order valence-electron chi connectivity index (χ0n) is 22.1. The predicted molar refractivity (Wildman–Crippen MR) is 154 cm³/mol. The molecule has 6 rings (SSSR count). The number of hydrogen-bond acceptors (Lipinski definition) is 7. The number of aromatic hydroxyl groups is 1. The normalized spacial score (nSPS) is 25.8. The minimum Gasteiger partial charge on any atom is -0.507 e. The van der Waals surface area contributed by atoms with Gasteiger partial charge in [-0.05, 0) is 78.6 Å². The molecule has 4 atom stereocenters. The Morgan fingerprint density at radius 3 is 2.38 bits per heavy atom. The molecule has 1 aliphatic heterocycles. The third-order valence-electron chi connectivity index (χ3n) is 8.49. The van der Waals surface area contributed by atoms with E-state index in [1.165, 1.54) is 31.3 Å². The van der Waals surface area contributed by atoms with Crippen LogP contribution >= 0.6 is 22.6 Å². The number of fused-ring (bicyclic) bond motifs is 3. The molecule has 2 amide bonds. The van der Waals surface area contributed by atoms with Crippen LogP contribution in [0.2, 0.25) is 0 Å². The first-order valence-corrected chi connectivity index (χ1v) is 14.0. The molecule has 1 saturated heterocycles. The van der Waals surface area contributed by atoms with Gasteiger partial charge in [0.2, 0.25) is 11.8 Å². The molecule has 9 heteroatoms. The molecule has 1 fully saturated rings. The number of amides is 2. The van der Waals surface area contributed by atoms with Gasteiger partial charge >= 0.3 is 0 Å². The van der Waals surface area contributed by atoms with Crippen LogP contribution in [0.3, 0.4) is 0 Å². The molecule has 0 radical (unpaired) electrons. The molecule has 2 aromatic rings. The highest BCUT2D eigenvalue weighted by molar-refractivity contribution is 14.1. The summed E-state index contributed by atoms with van der Waals surface area (Å²) < 4.78 is 11.9. The van der Waals surface area contributed by atoms with Crippen LogP contribution in [0.1, 0.15) is 31.2 Å². The number of phenols is 1. The number of allylic oxidation sites excluding steroid dienone is 6. The van der Waals surface area contributed by atoms with Crippen molar-refractivity contribution in [2.24, 2.45) is 17.8 Å². The lowest BCUT2D eigenvalue weighted by Crippen LogP contribution is -2.40. The van der Waals surface area contributed by atoms with Crippen LogP contribution in [0.25, 0.3) is 0 Å². The van der Waals surface area contributed by atoms with Gasteiger partial charge in [0.15, 0.2) is 11.6 Å². The standard InChI is InChI=1S/C31H26INO7/c1-14-10-22(34)21-13-20-18(26(27(21)29(14)36)28-23(35)11-17(39-2)12-24(28)40-3)8-9-19-25(20)31(38)33(30(19)37)16-6-4-15(32)5-7-16/h4-8,10-12,19-20,25-26,35H,9,13H2,1-3H3/t19-,20+,25-,26-/m0/s1. The molecule has 0 unspecified atom stereocenters. The van der Waals surface area contributed by atoms with E-state index in [2.05, 4.69) is 22.6 Å². The van der Waals surface area contributed by atoms with Crippen molar-refractivity contribution in [1.29, 1.82) is 0 Å². The van der Waals surface area contributed by atoms with Crippen LogP contribution in [-0.2, 0) is 19.2 Å². The average Bonchev–Trinajstić information content (AvgIpc) is 3.20. The largest absolute Gasteiger partial charge is 0.507 e. The predicted octanol–water partition coefficient (Wildman–Crippen LogP) is 4.65. The van der Waals surface area contributed by atoms with E-state index >= 15 is 0 Å². The third-order valence-corrected chi connectivity index (χ3v) is 9.21. The van der Waals surface area contributed by atoms with E-state index in [9.17, 15) is 24.3 Å². The molecule has 0 aromatic heterocycles. The van der Waals surface area contributed by atoms with Crippen LogP contribution in [0.5, 0.6) is 17.2 Å². The molecule has 8 nitrogen and oxygen atoms in total. The summed E-state index contributed by atoms with van der Waals surface area (Å²) in [4.78, 5) is 55.8. The SMILES string of the molecule is COc1cc(O)c([C@H]2C3=CC[C@@H]4C(=O)N(c5ccc(I)cc5)C(=O)[C@@H]4[C@@H]3CC3=C2C(=O)C(C)=CC3=O)c(OC)c1. The summed E-state index contributed by atoms with van der Waals surface area (Å²) in [5.41, 5.74) is 2.48. The Morgan fingerprint density at radius 2 is 1.70 bits per heavy atom. The number of rotatable bonds is 4. The average molecular weight is 651 g/mol. The molecule has 1 heterocycles. The Morgan fingerprint density at radius 1 is 0.975 bits per heavy atom. The highest BCUT2D eigenvalue weighted by atomic mass is 127. The quantitative estimate of drug-likeness (QED) is 0.222. The number of Topliss-reactive ketones (excluding diaryl/α,β-unsaturated/α-hetero) is 1. The van der Waals surface area contributed by atoms with Gasteiger partial charge in [-0.25, -0.2) is 0 Å². The number of nitrogens with zero attached hydrogens (tertiary/aromatic N) is 1. The van der Waals surface area contributed by atoms with E-state index < -0.39 is 23.7 Å². The Kier molecular flexibility index (Phi) is 6.44. The summed E-state index contributed by atoms with van der Waals surface area (Å²) in [6.07, 6.45) is 3.71. The van der Waals surface area contributed by atoms with Gasteiger partial charge in [0.1, 0.15) is 17.2 Å². The Balaban J connectivity index is 1.53. The summed E-state index contributed by atoms with van der Waals surface area (Å²) in [5, 5.41) is 11.2. The number of halogens is 1. The second-order valence-corrected chi connectivity index (χ2v) is 11.7. The Bertz CT molecular complexity index is 1600. The van der Waals surface area contributed by atoms with E-state index in [-0.39, 0.29) is 41.1 Å². The van der Waals surface area contributed by atoms with Gasteiger partial charge in [0.25, 0.3) is 0 Å². The number of benzene rings is 2. The Labute approximate surface area is 244 Å². The Hall–Kier alpha value is -3.73. The smallest absolute Gasteiger partial charge is 0.238 e. The number of carbonyl (C=O) groups is 4. The number of ether oxygens (including phenoxy) is 2. The lowest BCUT2D eigenvalue weighted by Gasteiger charge is -2.42. The number of ketones is 2. The van der Waals surface area contributed by atoms with Crippen molar-refractivity contribution >= 4 is 51.7 Å². The van der Waals surface area contributed by atoms with Crippen molar-refractivity contribution < 1.29 is 33.8 Å². The minimum absolute atomic E-state index is 0.154. The molecule has 1 N–H and O–H groups in total. The van der Waals surface area contributed by atoms with E-state index in [0.717, 1.165) is 9.14 Å². The summed E-state index contributed by atoms with van der Waals surface area (Å²) in [6.45, 7) is 1.60. The third kappa shape index (κ3) is 3.85. The lowest BCUT2D eigenvalue weighted by atomic mass is 9.59. The molecule has 0 spiro atoms. The maximum Gasteiger partial charge on any atom is 0.238 e. The van der Waals surface area contributed by atoms with Crippen molar-refractivity contribution in [2.75, 3.05) is 19.1 Å². The van der Waals surface area contributed by atoms with E-state index in [4.69, 9.17) is 9.47 Å². The first kappa shape index (κ1) is 26.5. The highest BCUT2D eigenvalue weighted by Gasteiger charge is 2.57. The van der Waals surface area contributed by atoms with Crippen LogP contribution in [-0.4, -0.2) is 42.7 Å². The summed E-state index contributed by atoms with van der Waals surface area (Å²) in [6, 6.07) is 10.3. The number of phenolic OH excluding ortho intramolecular Hbond substituents is 1. The molecule has 0 saturated carbocycles. The monoisotopic (exact) mass is 651 g/mol. The molecular weight excluding hydrogens is 625 g/mol. The van der Waals surface area contributed by atoms with E-state index in [0.29, 0.717) is 40.3 Å². The fourth-order valence-corrected chi connectivity index (χ4v) is 7.06. The van der Waals surface area contributed by atoms with Crippen molar-refractivity contribution in [3.63, 3.8) is 0 Å². The number of methoxy groups -OCH3 is 2. The minimum atomic E-state index is -0.828. The number of carbonyl (C=O) groups excluding carboxylic acids is 4. The first-order valence-electron chi connectivity index (χ1n) is 12.9. The van der Waals surface area contributed by atoms with Gasteiger partial charge in [0, 0.05) is 43.9 Å². The molecule has 0 bridgehead atoms. The topological polar surface area (TPSA) is 110 Å². The number of hydrogen-bond donors (Lipinski definition) is 1. The number of imide groups is 1. The second kappa shape index (κ2) is 9.72. The van der Waals surface area contributed by atoms with Crippen molar-refractivity contribution in [1.82, 2.24) is 0 Å². The zero-order valence-corrected chi connectivity index (χ0v) is 24.2. The van der Waals surface area contributed by atoms with Crippen LogP contribution < -0.4 is 14.4 Å². The van der Waals surface area contributed by atoms with Gasteiger partial charge in [-0.15, -0.1) is 0 Å². The zero-order chi connectivity index (χ0) is 28.5. The fourth-order valence-electron chi connectivity index (χ4n) is 6.70. The van der Waals surface area contributed by atoms with E-state index in [1.807, 2.05) is 18.2 Å². The molecular formula is C31H26INO7. The fraction of sp³-hybridized carbons (Fsp3) is 0.290. The second-order valence-electron chi connectivity index (χ2n) is 10.5. The van der Waals surface area contributed by atoms with Crippen molar-refractivity contribution in [3.05, 3.63) is 80.0 Å². The van der Waals surface area contributed by atoms with E-state index in [1.54, 1.807) is 25.1 Å². The van der Waals surface area contributed by atoms with Gasteiger partial charge in [-0.1, -0.05) is 11.6 Å². The van der Waals surface area contributed by atoms with Crippen molar-refractivity contribution in [2.45, 2.75) is 25.7 Å². The van der Waals surface area contributed by atoms with Gasteiger partial charge in [-0.3, -0.25) is 24.1 Å². The summed E-state index contributed by atoms with van der Waals surface area (Å²) in [7, 11) is 2.92.